The zero-order valence-electron chi connectivity index (χ0n) is 6.48. The second-order valence-corrected chi connectivity index (χ2v) is 2.23. The average molecular weight is 164 g/mol. The molecule has 11 heavy (non-hydrogen) atoms. The monoisotopic (exact) mass is 164 g/mol. The Bertz CT molecular complexity index is 85.9. The first kappa shape index (κ1) is 10.8. The first-order valence-electron chi connectivity index (χ1n) is 3.58. The molecule has 0 heterocycles. The fourth-order valence-electron chi connectivity index (χ4n) is 0.816. The maximum absolute atomic E-state index is 8.63. The van der Waals surface area contributed by atoms with E-state index in [-0.39, 0.29) is 19.8 Å². The van der Waals surface area contributed by atoms with Gasteiger partial charge in [0.2, 0.25) is 0 Å². The summed E-state index contributed by atoms with van der Waals surface area (Å²) in [5.74, 6) is 0. The Morgan fingerprint density at radius 1 is 1.09 bits per heavy atom. The van der Waals surface area contributed by atoms with Gasteiger partial charge < -0.3 is 21.1 Å². The van der Waals surface area contributed by atoms with Gasteiger partial charge in [-0.3, -0.25) is 4.90 Å². The fraction of sp³-hybridized carbons (Fsp3) is 1.00. The van der Waals surface area contributed by atoms with Gasteiger partial charge in [-0.15, -0.1) is 0 Å². The van der Waals surface area contributed by atoms with E-state index in [0.717, 1.165) is 0 Å². The molecule has 0 bridgehead atoms. The Kier molecular flexibility index (Phi) is 6.39. The summed E-state index contributed by atoms with van der Waals surface area (Å²) in [7, 11) is 0. The van der Waals surface area contributed by atoms with Crippen LogP contribution in [0.25, 0.3) is 0 Å². The van der Waals surface area contributed by atoms with Crippen molar-refractivity contribution in [1.82, 2.24) is 4.90 Å². The maximum Gasteiger partial charge on any atom is 0.0811 e. The zero-order valence-corrected chi connectivity index (χ0v) is 6.48. The molecule has 0 aromatic heterocycles. The molecule has 0 amide bonds. The summed E-state index contributed by atoms with van der Waals surface area (Å²) in [5.41, 5.74) is 5.44. The van der Waals surface area contributed by atoms with Gasteiger partial charge in [-0.25, -0.2) is 0 Å². The molecule has 0 saturated heterocycles. The number of hydrogen-bond acceptors (Lipinski definition) is 5. The predicted molar refractivity (Wildman–Crippen MR) is 40.8 cm³/mol. The first-order valence-corrected chi connectivity index (χ1v) is 3.58. The molecule has 0 radical (unpaired) electrons. The lowest BCUT2D eigenvalue weighted by Crippen LogP contribution is -2.47. The maximum atomic E-state index is 8.63. The van der Waals surface area contributed by atoms with Crippen molar-refractivity contribution in [3.8, 4) is 0 Å². The van der Waals surface area contributed by atoms with Gasteiger partial charge >= 0.3 is 0 Å². The molecular weight excluding hydrogens is 148 g/mol. The normalized spacial score (nSPS) is 13.9. The summed E-state index contributed by atoms with van der Waals surface area (Å²) < 4.78 is 0. The Balaban J connectivity index is 3.66. The third-order valence-corrected chi connectivity index (χ3v) is 1.43. The minimum atomic E-state index is -0.491. The van der Waals surface area contributed by atoms with E-state index in [1.165, 1.54) is 0 Å². The van der Waals surface area contributed by atoms with Crippen LogP contribution in [0.15, 0.2) is 0 Å². The van der Waals surface area contributed by atoms with Gasteiger partial charge in [0.05, 0.1) is 26.0 Å². The molecule has 0 aliphatic rings. The van der Waals surface area contributed by atoms with Crippen LogP contribution < -0.4 is 5.73 Å². The molecule has 0 saturated carbocycles. The highest BCUT2D eigenvalue weighted by molar-refractivity contribution is 4.63. The number of aliphatic hydroxyl groups excluding tert-OH is 3. The number of aliphatic hydroxyl groups is 3. The van der Waals surface area contributed by atoms with Crippen molar-refractivity contribution in [2.24, 2.45) is 5.73 Å². The van der Waals surface area contributed by atoms with Crippen molar-refractivity contribution in [2.45, 2.75) is 6.17 Å². The number of nitrogens with two attached hydrogens (primary N) is 1. The molecule has 0 spiro atoms. The zero-order chi connectivity index (χ0) is 8.69. The SMILES string of the molecule is NC(CO)N(CCO)CCO. The second-order valence-electron chi connectivity index (χ2n) is 2.23. The molecule has 1 atom stereocenters. The minimum absolute atomic E-state index is 0.0201. The highest BCUT2D eigenvalue weighted by Crippen LogP contribution is 1.90. The molecular formula is C6H16N2O3. The topological polar surface area (TPSA) is 90.0 Å². The highest BCUT2D eigenvalue weighted by Gasteiger charge is 2.10. The Morgan fingerprint density at radius 2 is 1.55 bits per heavy atom. The molecule has 0 aromatic rings. The molecule has 0 fully saturated rings. The van der Waals surface area contributed by atoms with Gasteiger partial charge in [0.15, 0.2) is 0 Å². The summed E-state index contributed by atoms with van der Waals surface area (Å²) in [6.45, 7) is 0.548. The molecule has 0 aromatic carbocycles. The van der Waals surface area contributed by atoms with Crippen molar-refractivity contribution >= 4 is 0 Å². The van der Waals surface area contributed by atoms with Crippen LogP contribution in [0.2, 0.25) is 0 Å². The average Bonchev–Trinajstić information content (AvgIpc) is 2.03. The van der Waals surface area contributed by atoms with Crippen molar-refractivity contribution in [1.29, 1.82) is 0 Å². The molecule has 0 aliphatic carbocycles. The Labute approximate surface area is 66.0 Å². The van der Waals surface area contributed by atoms with Gasteiger partial charge in [-0.1, -0.05) is 0 Å². The molecule has 0 aliphatic heterocycles. The summed E-state index contributed by atoms with van der Waals surface area (Å²) in [5, 5.41) is 25.7. The quantitative estimate of drug-likeness (QED) is 0.327. The molecule has 68 valence electrons. The minimum Gasteiger partial charge on any atom is -0.395 e. The summed E-state index contributed by atoms with van der Waals surface area (Å²) >= 11 is 0. The van der Waals surface area contributed by atoms with Crippen molar-refractivity contribution < 1.29 is 15.3 Å². The van der Waals surface area contributed by atoms with Gasteiger partial charge in [-0.05, 0) is 0 Å². The van der Waals surface area contributed by atoms with E-state index in [2.05, 4.69) is 0 Å². The van der Waals surface area contributed by atoms with Crippen LogP contribution in [0.3, 0.4) is 0 Å². The lowest BCUT2D eigenvalue weighted by molar-refractivity contribution is 0.0871. The number of nitrogens with zero attached hydrogens (tertiary/aromatic N) is 1. The van der Waals surface area contributed by atoms with Crippen LogP contribution in [-0.2, 0) is 0 Å². The van der Waals surface area contributed by atoms with E-state index in [1.54, 1.807) is 4.90 Å². The van der Waals surface area contributed by atoms with Crippen LogP contribution in [0.5, 0.6) is 0 Å². The van der Waals surface area contributed by atoms with Crippen LogP contribution in [0.1, 0.15) is 0 Å². The van der Waals surface area contributed by atoms with E-state index >= 15 is 0 Å². The molecule has 5 N–H and O–H groups in total. The summed E-state index contributed by atoms with van der Waals surface area (Å²) in [6, 6.07) is 0. The highest BCUT2D eigenvalue weighted by atomic mass is 16.3. The largest absolute Gasteiger partial charge is 0.395 e. The smallest absolute Gasteiger partial charge is 0.0811 e. The predicted octanol–water partition coefficient (Wildman–Crippen LogP) is -2.45. The third-order valence-electron chi connectivity index (χ3n) is 1.43. The van der Waals surface area contributed by atoms with Gasteiger partial charge in [0, 0.05) is 13.1 Å². The molecule has 5 heteroatoms. The summed E-state index contributed by atoms with van der Waals surface area (Å²) in [6.07, 6.45) is -0.491. The number of hydrogen-bond donors (Lipinski definition) is 4. The molecule has 1 unspecified atom stereocenters. The van der Waals surface area contributed by atoms with Crippen LogP contribution in [-0.4, -0.2) is 59.3 Å². The molecule has 0 rings (SSSR count). The first-order chi connectivity index (χ1) is 5.26. The number of rotatable bonds is 6. The van der Waals surface area contributed by atoms with Gasteiger partial charge in [0.1, 0.15) is 0 Å². The molecule has 5 nitrogen and oxygen atoms in total. The van der Waals surface area contributed by atoms with Gasteiger partial charge in [-0.2, -0.15) is 0 Å². The second kappa shape index (κ2) is 6.51. The van der Waals surface area contributed by atoms with Crippen molar-refractivity contribution in [3.05, 3.63) is 0 Å². The standard InChI is InChI=1S/C6H16N2O3/c7-6(5-11)8(1-3-9)2-4-10/h6,9-11H,1-5,7H2. The van der Waals surface area contributed by atoms with E-state index in [4.69, 9.17) is 21.1 Å². The Hall–Kier alpha value is -0.200. The van der Waals surface area contributed by atoms with Crippen LogP contribution in [0, 0.1) is 0 Å². The Morgan fingerprint density at radius 3 is 1.82 bits per heavy atom. The lowest BCUT2D eigenvalue weighted by atomic mass is 10.4. The summed E-state index contributed by atoms with van der Waals surface area (Å²) in [4.78, 5) is 1.61. The van der Waals surface area contributed by atoms with E-state index in [9.17, 15) is 0 Å². The van der Waals surface area contributed by atoms with E-state index in [0.29, 0.717) is 13.1 Å². The third kappa shape index (κ3) is 4.28. The van der Waals surface area contributed by atoms with Crippen LogP contribution in [0.4, 0.5) is 0 Å². The van der Waals surface area contributed by atoms with Gasteiger partial charge in [0.25, 0.3) is 0 Å². The van der Waals surface area contributed by atoms with E-state index < -0.39 is 6.17 Å². The lowest BCUT2D eigenvalue weighted by Gasteiger charge is -2.25. The van der Waals surface area contributed by atoms with E-state index in [1.807, 2.05) is 0 Å². The fourth-order valence-corrected chi connectivity index (χ4v) is 0.816. The van der Waals surface area contributed by atoms with Crippen molar-refractivity contribution in [2.75, 3.05) is 32.9 Å². The van der Waals surface area contributed by atoms with Crippen molar-refractivity contribution in [3.63, 3.8) is 0 Å². The van der Waals surface area contributed by atoms with Crippen LogP contribution >= 0.6 is 0 Å².